The smallest absolute Gasteiger partial charge is 0.222 e. The van der Waals surface area contributed by atoms with Crippen LogP contribution in [0.3, 0.4) is 0 Å². The van der Waals surface area contributed by atoms with Gasteiger partial charge in [-0.05, 0) is 25.0 Å². The van der Waals surface area contributed by atoms with Crippen molar-refractivity contribution in [3.05, 3.63) is 24.7 Å². The highest BCUT2D eigenvalue weighted by Gasteiger charge is 2.21. The standard InChI is InChI=1S/C23H30N8O2/c1-2-7-24-22-20-23(31(16-26-20)10-9-30-8-3-4-19(30)32)28-21(27-22)17-5-6-18(25-15-17)29-11-13-33-14-12-29/h5-6,15-16H,2-4,7-14H2,1H3,(H,24,27,28). The number of ether oxygens (including phenoxy) is 1. The molecule has 0 spiro atoms. The topological polar surface area (TPSA) is 101 Å². The molecule has 10 nitrogen and oxygen atoms in total. The van der Waals surface area contributed by atoms with E-state index in [1.807, 2.05) is 27.8 Å². The number of amides is 1. The molecular formula is C23H30N8O2. The summed E-state index contributed by atoms with van der Waals surface area (Å²) in [7, 11) is 0. The van der Waals surface area contributed by atoms with Crippen LogP contribution >= 0.6 is 0 Å². The number of imidazole rings is 1. The summed E-state index contributed by atoms with van der Waals surface area (Å²) < 4.78 is 7.45. The van der Waals surface area contributed by atoms with Gasteiger partial charge in [-0.25, -0.2) is 19.9 Å². The van der Waals surface area contributed by atoms with Crippen molar-refractivity contribution in [3.8, 4) is 11.4 Å². The van der Waals surface area contributed by atoms with E-state index in [1.54, 1.807) is 6.33 Å². The minimum absolute atomic E-state index is 0.228. The van der Waals surface area contributed by atoms with E-state index in [1.165, 1.54) is 0 Å². The number of nitrogens with one attached hydrogen (secondary N) is 1. The molecule has 0 unspecified atom stereocenters. The summed E-state index contributed by atoms with van der Waals surface area (Å²) >= 11 is 0. The number of aromatic nitrogens is 5. The van der Waals surface area contributed by atoms with Crippen LogP contribution in [0.1, 0.15) is 26.2 Å². The van der Waals surface area contributed by atoms with Gasteiger partial charge in [-0.15, -0.1) is 0 Å². The summed E-state index contributed by atoms with van der Waals surface area (Å²) in [5, 5.41) is 3.39. The molecule has 174 valence electrons. The maximum Gasteiger partial charge on any atom is 0.222 e. The summed E-state index contributed by atoms with van der Waals surface area (Å²) in [5.41, 5.74) is 2.37. The Hall–Kier alpha value is -3.27. The number of carbonyl (C=O) groups is 1. The number of pyridine rings is 1. The van der Waals surface area contributed by atoms with Gasteiger partial charge in [0.2, 0.25) is 5.91 Å². The highest BCUT2D eigenvalue weighted by atomic mass is 16.5. The third-order valence-corrected chi connectivity index (χ3v) is 6.13. The molecule has 3 aromatic rings. The second kappa shape index (κ2) is 9.70. The van der Waals surface area contributed by atoms with Gasteiger partial charge in [0, 0.05) is 57.4 Å². The van der Waals surface area contributed by atoms with Crippen LogP contribution in [-0.4, -0.2) is 81.2 Å². The molecule has 2 saturated heterocycles. The third kappa shape index (κ3) is 4.61. The first-order chi connectivity index (χ1) is 16.2. The van der Waals surface area contributed by atoms with Gasteiger partial charge in [0.25, 0.3) is 0 Å². The number of rotatable bonds is 8. The molecular weight excluding hydrogens is 420 g/mol. The van der Waals surface area contributed by atoms with E-state index in [2.05, 4.69) is 27.1 Å². The fraction of sp³-hybridized carbons (Fsp3) is 0.522. The van der Waals surface area contributed by atoms with Crippen LogP contribution in [0.4, 0.5) is 11.6 Å². The molecule has 1 amide bonds. The van der Waals surface area contributed by atoms with E-state index in [0.717, 1.165) is 80.6 Å². The Bertz CT molecular complexity index is 1110. The van der Waals surface area contributed by atoms with Crippen LogP contribution in [0, 0.1) is 0 Å². The minimum atomic E-state index is 0.228. The van der Waals surface area contributed by atoms with Crippen LogP contribution in [0.25, 0.3) is 22.6 Å². The Morgan fingerprint density at radius 1 is 1.09 bits per heavy atom. The number of anilines is 2. The first-order valence-corrected chi connectivity index (χ1v) is 11.8. The molecule has 2 aliphatic rings. The van der Waals surface area contributed by atoms with Gasteiger partial charge < -0.3 is 24.4 Å². The fourth-order valence-corrected chi connectivity index (χ4v) is 4.27. The molecule has 0 aliphatic carbocycles. The first kappa shape index (κ1) is 21.6. The van der Waals surface area contributed by atoms with Crippen molar-refractivity contribution in [1.82, 2.24) is 29.4 Å². The van der Waals surface area contributed by atoms with Crippen molar-refractivity contribution in [3.63, 3.8) is 0 Å². The second-order valence-electron chi connectivity index (χ2n) is 8.42. The Kier molecular flexibility index (Phi) is 6.34. The average Bonchev–Trinajstić information content (AvgIpc) is 3.47. The maximum absolute atomic E-state index is 12.0. The van der Waals surface area contributed by atoms with Crippen molar-refractivity contribution in [2.75, 3.05) is 56.2 Å². The van der Waals surface area contributed by atoms with E-state index in [9.17, 15) is 4.79 Å². The quantitative estimate of drug-likeness (QED) is 0.557. The summed E-state index contributed by atoms with van der Waals surface area (Å²) in [6.07, 6.45) is 6.19. The van der Waals surface area contributed by atoms with E-state index in [0.29, 0.717) is 25.3 Å². The van der Waals surface area contributed by atoms with E-state index < -0.39 is 0 Å². The van der Waals surface area contributed by atoms with Crippen LogP contribution in [0.5, 0.6) is 0 Å². The van der Waals surface area contributed by atoms with Crippen molar-refractivity contribution in [1.29, 1.82) is 0 Å². The second-order valence-corrected chi connectivity index (χ2v) is 8.42. The van der Waals surface area contributed by atoms with E-state index in [-0.39, 0.29) is 5.91 Å². The average molecular weight is 451 g/mol. The summed E-state index contributed by atoms with van der Waals surface area (Å²) in [6, 6.07) is 4.04. The van der Waals surface area contributed by atoms with Crippen molar-refractivity contribution in [2.24, 2.45) is 0 Å². The molecule has 5 heterocycles. The predicted octanol–water partition coefficient (Wildman–Crippen LogP) is 2.17. The summed E-state index contributed by atoms with van der Waals surface area (Å²) in [5.74, 6) is 2.51. The Balaban J connectivity index is 1.44. The highest BCUT2D eigenvalue weighted by Crippen LogP contribution is 2.25. The lowest BCUT2D eigenvalue weighted by molar-refractivity contribution is -0.127. The molecule has 2 fully saturated rings. The van der Waals surface area contributed by atoms with Gasteiger partial charge in [-0.1, -0.05) is 6.92 Å². The molecule has 1 N–H and O–H groups in total. The zero-order valence-electron chi connectivity index (χ0n) is 19.0. The van der Waals surface area contributed by atoms with Gasteiger partial charge >= 0.3 is 0 Å². The number of likely N-dealkylation sites (tertiary alicyclic amines) is 1. The molecule has 33 heavy (non-hydrogen) atoms. The molecule has 0 radical (unpaired) electrons. The molecule has 0 atom stereocenters. The summed E-state index contributed by atoms with van der Waals surface area (Å²) in [6.45, 7) is 8.21. The van der Waals surface area contributed by atoms with Crippen LogP contribution in [0.15, 0.2) is 24.7 Å². The van der Waals surface area contributed by atoms with Crippen molar-refractivity contribution < 1.29 is 9.53 Å². The first-order valence-electron chi connectivity index (χ1n) is 11.8. The molecule has 10 heteroatoms. The lowest BCUT2D eigenvalue weighted by atomic mass is 10.2. The number of fused-ring (bicyclic) bond motifs is 1. The Labute approximate surface area is 193 Å². The zero-order valence-corrected chi connectivity index (χ0v) is 19.0. The van der Waals surface area contributed by atoms with Gasteiger partial charge in [0.15, 0.2) is 17.3 Å². The zero-order chi connectivity index (χ0) is 22.6. The predicted molar refractivity (Wildman–Crippen MR) is 126 cm³/mol. The molecule has 0 aromatic carbocycles. The highest BCUT2D eigenvalue weighted by molar-refractivity contribution is 5.85. The van der Waals surface area contributed by atoms with Crippen LogP contribution in [-0.2, 0) is 16.1 Å². The van der Waals surface area contributed by atoms with E-state index in [4.69, 9.17) is 14.7 Å². The summed E-state index contributed by atoms with van der Waals surface area (Å²) in [4.78, 5) is 35.0. The van der Waals surface area contributed by atoms with Crippen LogP contribution in [0.2, 0.25) is 0 Å². The van der Waals surface area contributed by atoms with E-state index >= 15 is 0 Å². The Morgan fingerprint density at radius 3 is 2.70 bits per heavy atom. The SMILES string of the molecule is CCCNc1nc(-c2ccc(N3CCOCC3)nc2)nc2c1ncn2CCN1CCCC1=O. The minimum Gasteiger partial charge on any atom is -0.378 e. The molecule has 0 saturated carbocycles. The number of hydrogen-bond donors (Lipinski definition) is 1. The fourth-order valence-electron chi connectivity index (χ4n) is 4.27. The monoisotopic (exact) mass is 450 g/mol. The lowest BCUT2D eigenvalue weighted by Crippen LogP contribution is -2.36. The number of morpholine rings is 1. The van der Waals surface area contributed by atoms with Gasteiger partial charge in [0.1, 0.15) is 11.3 Å². The Morgan fingerprint density at radius 2 is 1.97 bits per heavy atom. The van der Waals surface area contributed by atoms with Crippen LogP contribution < -0.4 is 10.2 Å². The number of hydrogen-bond acceptors (Lipinski definition) is 8. The van der Waals surface area contributed by atoms with Gasteiger partial charge in [-0.2, -0.15) is 0 Å². The van der Waals surface area contributed by atoms with Crippen molar-refractivity contribution in [2.45, 2.75) is 32.7 Å². The molecule has 0 bridgehead atoms. The van der Waals surface area contributed by atoms with Gasteiger partial charge in [-0.3, -0.25) is 4.79 Å². The lowest BCUT2D eigenvalue weighted by Gasteiger charge is -2.27. The van der Waals surface area contributed by atoms with Crippen molar-refractivity contribution >= 4 is 28.7 Å². The van der Waals surface area contributed by atoms with Gasteiger partial charge in [0.05, 0.1) is 19.5 Å². The third-order valence-electron chi connectivity index (χ3n) is 6.13. The maximum atomic E-state index is 12.0. The number of nitrogens with zero attached hydrogens (tertiary/aromatic N) is 7. The molecule has 2 aliphatic heterocycles. The molecule has 5 rings (SSSR count). The number of carbonyl (C=O) groups excluding carboxylic acids is 1. The largest absolute Gasteiger partial charge is 0.378 e. The molecule has 3 aromatic heterocycles. The normalized spacial score (nSPS) is 16.7.